The lowest BCUT2D eigenvalue weighted by molar-refractivity contribution is -0.114. The maximum absolute atomic E-state index is 12.1. The standard InChI is InChI=1S/C20H25N3O2/c24-15-16-10-12-23(13-11-16)19-9-5-4-8-18(19)21-14-20(25)22-17-6-2-1-3-7-17/h1-9,16,21,24H,10-15H2,(H,22,25). The van der Waals surface area contributed by atoms with Gasteiger partial charge in [0.2, 0.25) is 5.91 Å². The van der Waals surface area contributed by atoms with Crippen LogP contribution < -0.4 is 15.5 Å². The highest BCUT2D eigenvalue weighted by Crippen LogP contribution is 2.29. The highest BCUT2D eigenvalue weighted by molar-refractivity contribution is 5.94. The monoisotopic (exact) mass is 339 g/mol. The van der Waals surface area contributed by atoms with Crippen molar-refractivity contribution in [1.29, 1.82) is 0 Å². The van der Waals surface area contributed by atoms with Crippen molar-refractivity contribution in [2.24, 2.45) is 5.92 Å². The quantitative estimate of drug-likeness (QED) is 0.757. The van der Waals surface area contributed by atoms with Crippen LogP contribution in [0.1, 0.15) is 12.8 Å². The maximum Gasteiger partial charge on any atom is 0.243 e. The summed E-state index contributed by atoms with van der Waals surface area (Å²) in [7, 11) is 0. The van der Waals surface area contributed by atoms with E-state index in [0.29, 0.717) is 5.92 Å². The number of para-hydroxylation sites is 3. The van der Waals surface area contributed by atoms with Crippen molar-refractivity contribution in [3.05, 3.63) is 54.6 Å². The van der Waals surface area contributed by atoms with E-state index in [9.17, 15) is 9.90 Å². The number of hydrogen-bond donors (Lipinski definition) is 3. The van der Waals surface area contributed by atoms with Crippen LogP contribution in [0.3, 0.4) is 0 Å². The fourth-order valence-corrected chi connectivity index (χ4v) is 3.16. The number of nitrogens with one attached hydrogen (secondary N) is 2. The molecule has 0 bridgehead atoms. The van der Waals surface area contributed by atoms with Gasteiger partial charge in [0.25, 0.3) is 0 Å². The predicted molar refractivity (Wildman–Crippen MR) is 102 cm³/mol. The van der Waals surface area contributed by atoms with Crippen molar-refractivity contribution in [2.75, 3.05) is 41.8 Å². The lowest BCUT2D eigenvalue weighted by Gasteiger charge is -2.34. The van der Waals surface area contributed by atoms with E-state index >= 15 is 0 Å². The Bertz CT molecular complexity index is 682. The molecule has 0 unspecified atom stereocenters. The molecule has 0 saturated carbocycles. The highest BCUT2D eigenvalue weighted by atomic mass is 16.3. The number of benzene rings is 2. The largest absolute Gasteiger partial charge is 0.396 e. The molecule has 1 amide bonds. The summed E-state index contributed by atoms with van der Waals surface area (Å²) in [6, 6.07) is 17.5. The van der Waals surface area contributed by atoms with E-state index in [4.69, 9.17) is 0 Å². The topological polar surface area (TPSA) is 64.6 Å². The lowest BCUT2D eigenvalue weighted by atomic mass is 9.97. The summed E-state index contributed by atoms with van der Waals surface area (Å²) >= 11 is 0. The van der Waals surface area contributed by atoms with Gasteiger partial charge in [-0.3, -0.25) is 4.79 Å². The summed E-state index contributed by atoms with van der Waals surface area (Å²) in [6.45, 7) is 2.35. The van der Waals surface area contributed by atoms with Crippen molar-refractivity contribution in [1.82, 2.24) is 0 Å². The van der Waals surface area contributed by atoms with E-state index in [2.05, 4.69) is 21.6 Å². The molecule has 0 radical (unpaired) electrons. The van der Waals surface area contributed by atoms with Gasteiger partial charge in [0.05, 0.1) is 17.9 Å². The van der Waals surface area contributed by atoms with Gasteiger partial charge in [-0.15, -0.1) is 0 Å². The van der Waals surface area contributed by atoms with Gasteiger partial charge < -0.3 is 20.6 Å². The van der Waals surface area contributed by atoms with Crippen LogP contribution in [0.25, 0.3) is 0 Å². The normalized spacial score (nSPS) is 15.0. The second-order valence-electron chi connectivity index (χ2n) is 6.40. The maximum atomic E-state index is 12.1. The number of amides is 1. The van der Waals surface area contributed by atoms with Crippen LogP contribution in [0.5, 0.6) is 0 Å². The van der Waals surface area contributed by atoms with Gasteiger partial charge in [-0.2, -0.15) is 0 Å². The molecule has 25 heavy (non-hydrogen) atoms. The third-order valence-corrected chi connectivity index (χ3v) is 4.61. The Kier molecular flexibility index (Phi) is 5.90. The first-order valence-electron chi connectivity index (χ1n) is 8.80. The van der Waals surface area contributed by atoms with E-state index in [-0.39, 0.29) is 19.1 Å². The summed E-state index contributed by atoms with van der Waals surface area (Å²) in [6.07, 6.45) is 2.00. The van der Waals surface area contributed by atoms with Crippen LogP contribution >= 0.6 is 0 Å². The summed E-state index contributed by atoms with van der Waals surface area (Å²) in [4.78, 5) is 14.5. The highest BCUT2D eigenvalue weighted by Gasteiger charge is 2.20. The number of aliphatic hydroxyl groups excluding tert-OH is 1. The Balaban J connectivity index is 1.58. The zero-order valence-corrected chi connectivity index (χ0v) is 14.3. The average Bonchev–Trinajstić information content (AvgIpc) is 2.67. The van der Waals surface area contributed by atoms with Crippen molar-refractivity contribution in [3.8, 4) is 0 Å². The molecule has 5 nitrogen and oxygen atoms in total. The number of piperidine rings is 1. The van der Waals surface area contributed by atoms with Gasteiger partial charge in [0, 0.05) is 25.4 Å². The minimum absolute atomic E-state index is 0.0695. The molecule has 132 valence electrons. The summed E-state index contributed by atoms with van der Waals surface area (Å²) in [5.41, 5.74) is 2.88. The predicted octanol–water partition coefficient (Wildman–Crippen LogP) is 2.95. The Morgan fingerprint density at radius 2 is 1.72 bits per heavy atom. The SMILES string of the molecule is O=C(CNc1ccccc1N1CCC(CO)CC1)Nc1ccccc1. The average molecular weight is 339 g/mol. The van der Waals surface area contributed by atoms with Crippen LogP contribution in [-0.2, 0) is 4.79 Å². The summed E-state index contributed by atoms with van der Waals surface area (Å²) in [5.74, 6) is 0.341. The Morgan fingerprint density at radius 1 is 1.04 bits per heavy atom. The zero-order chi connectivity index (χ0) is 17.5. The van der Waals surface area contributed by atoms with Gasteiger partial charge in [0.15, 0.2) is 0 Å². The van der Waals surface area contributed by atoms with Crippen molar-refractivity contribution >= 4 is 23.0 Å². The first-order chi connectivity index (χ1) is 12.3. The number of aliphatic hydroxyl groups is 1. The molecule has 0 atom stereocenters. The molecule has 0 aromatic heterocycles. The van der Waals surface area contributed by atoms with Crippen LogP contribution in [0, 0.1) is 5.92 Å². The Labute approximate surface area is 148 Å². The first kappa shape index (κ1) is 17.3. The minimum atomic E-state index is -0.0695. The molecule has 1 aliphatic heterocycles. The number of hydrogen-bond acceptors (Lipinski definition) is 4. The molecule has 3 rings (SSSR count). The number of carbonyl (C=O) groups is 1. The number of nitrogens with zero attached hydrogens (tertiary/aromatic N) is 1. The van der Waals surface area contributed by atoms with Gasteiger partial charge in [-0.1, -0.05) is 30.3 Å². The van der Waals surface area contributed by atoms with Crippen LogP contribution in [0.2, 0.25) is 0 Å². The minimum Gasteiger partial charge on any atom is -0.396 e. The van der Waals surface area contributed by atoms with Crippen LogP contribution in [0.4, 0.5) is 17.1 Å². The number of rotatable bonds is 6. The van der Waals surface area contributed by atoms with E-state index < -0.39 is 0 Å². The van der Waals surface area contributed by atoms with E-state index in [1.165, 1.54) is 0 Å². The van der Waals surface area contributed by atoms with E-state index in [1.54, 1.807) is 0 Å². The third kappa shape index (κ3) is 4.73. The molecule has 0 spiro atoms. The molecule has 5 heteroatoms. The van der Waals surface area contributed by atoms with Crippen molar-refractivity contribution in [3.63, 3.8) is 0 Å². The van der Waals surface area contributed by atoms with E-state index in [1.807, 2.05) is 48.5 Å². The molecule has 2 aromatic carbocycles. The molecule has 1 fully saturated rings. The Morgan fingerprint density at radius 3 is 2.44 bits per heavy atom. The molecule has 1 aliphatic rings. The molecule has 1 heterocycles. The molecular weight excluding hydrogens is 314 g/mol. The third-order valence-electron chi connectivity index (χ3n) is 4.61. The fraction of sp³-hybridized carbons (Fsp3) is 0.350. The van der Waals surface area contributed by atoms with Crippen molar-refractivity contribution < 1.29 is 9.90 Å². The van der Waals surface area contributed by atoms with Gasteiger partial charge >= 0.3 is 0 Å². The van der Waals surface area contributed by atoms with Crippen LogP contribution in [-0.4, -0.2) is 37.3 Å². The second kappa shape index (κ2) is 8.53. The zero-order valence-electron chi connectivity index (χ0n) is 14.3. The van der Waals surface area contributed by atoms with Gasteiger partial charge in [0.1, 0.15) is 0 Å². The smallest absolute Gasteiger partial charge is 0.243 e. The van der Waals surface area contributed by atoms with Gasteiger partial charge in [-0.05, 0) is 43.0 Å². The lowest BCUT2D eigenvalue weighted by Crippen LogP contribution is -2.35. The van der Waals surface area contributed by atoms with Crippen LogP contribution in [0.15, 0.2) is 54.6 Å². The summed E-state index contributed by atoms with van der Waals surface area (Å²) < 4.78 is 0. The fourth-order valence-electron chi connectivity index (χ4n) is 3.16. The molecule has 3 N–H and O–H groups in total. The molecule has 2 aromatic rings. The molecule has 0 aliphatic carbocycles. The number of carbonyl (C=O) groups excluding carboxylic acids is 1. The van der Waals surface area contributed by atoms with Crippen molar-refractivity contribution in [2.45, 2.75) is 12.8 Å². The molecule has 1 saturated heterocycles. The summed E-state index contributed by atoms with van der Waals surface area (Å²) in [5, 5.41) is 15.4. The van der Waals surface area contributed by atoms with E-state index in [0.717, 1.165) is 43.0 Å². The number of anilines is 3. The second-order valence-corrected chi connectivity index (χ2v) is 6.40. The van der Waals surface area contributed by atoms with Gasteiger partial charge in [-0.25, -0.2) is 0 Å². The Hall–Kier alpha value is -2.53. The first-order valence-corrected chi connectivity index (χ1v) is 8.80. The molecular formula is C20H25N3O2.